The quantitative estimate of drug-likeness (QED) is 0.660. The lowest BCUT2D eigenvalue weighted by molar-refractivity contribution is -0.135. The number of carbonyl (C=O) groups is 2. The van der Waals surface area contributed by atoms with Crippen molar-refractivity contribution in [3.05, 3.63) is 12.7 Å². The zero-order valence-electron chi connectivity index (χ0n) is 8.45. The Hall–Kier alpha value is -1.32. The standard InChI is InChI=1S/C10H16N2O2/c1-3-9(13)12-7-5-6-8(12)10(14)11-4-2/h3,8H,1,4-7H2,2H3,(H,11,14). The van der Waals surface area contributed by atoms with Crippen LogP contribution < -0.4 is 5.32 Å². The molecule has 4 heteroatoms. The summed E-state index contributed by atoms with van der Waals surface area (Å²) in [5.74, 6) is -0.209. The van der Waals surface area contributed by atoms with Gasteiger partial charge in [0, 0.05) is 13.1 Å². The minimum atomic E-state index is -0.291. The molecule has 14 heavy (non-hydrogen) atoms. The normalized spacial score (nSPS) is 20.6. The van der Waals surface area contributed by atoms with Gasteiger partial charge in [0.2, 0.25) is 11.8 Å². The van der Waals surface area contributed by atoms with Gasteiger partial charge in [-0.3, -0.25) is 9.59 Å². The van der Waals surface area contributed by atoms with E-state index in [2.05, 4.69) is 11.9 Å². The van der Waals surface area contributed by atoms with E-state index in [1.807, 2.05) is 6.92 Å². The van der Waals surface area contributed by atoms with Gasteiger partial charge in [-0.15, -0.1) is 0 Å². The highest BCUT2D eigenvalue weighted by molar-refractivity contribution is 5.93. The van der Waals surface area contributed by atoms with Gasteiger partial charge in [-0.1, -0.05) is 6.58 Å². The monoisotopic (exact) mass is 196 g/mol. The van der Waals surface area contributed by atoms with E-state index in [1.54, 1.807) is 4.90 Å². The molecule has 1 heterocycles. The summed E-state index contributed by atoms with van der Waals surface area (Å²) in [5, 5.41) is 2.73. The predicted octanol–water partition coefficient (Wildman–Crippen LogP) is 0.299. The maximum Gasteiger partial charge on any atom is 0.246 e. The Bertz CT molecular complexity index is 251. The van der Waals surface area contributed by atoms with Gasteiger partial charge in [0.1, 0.15) is 6.04 Å². The van der Waals surface area contributed by atoms with Crippen molar-refractivity contribution < 1.29 is 9.59 Å². The van der Waals surface area contributed by atoms with Crippen molar-refractivity contribution in [3.8, 4) is 0 Å². The van der Waals surface area contributed by atoms with Crippen LogP contribution in [-0.2, 0) is 9.59 Å². The van der Waals surface area contributed by atoms with Crippen molar-refractivity contribution in [1.29, 1.82) is 0 Å². The first-order chi connectivity index (χ1) is 6.70. The summed E-state index contributed by atoms with van der Waals surface area (Å²) >= 11 is 0. The molecule has 2 amide bonds. The molecule has 0 saturated carbocycles. The molecule has 0 radical (unpaired) electrons. The van der Waals surface area contributed by atoms with Gasteiger partial charge in [0.25, 0.3) is 0 Å². The van der Waals surface area contributed by atoms with Crippen molar-refractivity contribution in [3.63, 3.8) is 0 Å². The van der Waals surface area contributed by atoms with Crippen LogP contribution in [0.3, 0.4) is 0 Å². The molecule has 0 aliphatic carbocycles. The molecule has 0 aromatic heterocycles. The summed E-state index contributed by atoms with van der Waals surface area (Å²) in [5.41, 5.74) is 0. The summed E-state index contributed by atoms with van der Waals surface area (Å²) in [6.07, 6.45) is 2.91. The smallest absolute Gasteiger partial charge is 0.246 e. The van der Waals surface area contributed by atoms with Gasteiger partial charge in [0.15, 0.2) is 0 Å². The largest absolute Gasteiger partial charge is 0.355 e. The van der Waals surface area contributed by atoms with E-state index in [9.17, 15) is 9.59 Å². The summed E-state index contributed by atoms with van der Waals surface area (Å²) in [7, 11) is 0. The van der Waals surface area contributed by atoms with Crippen LogP contribution >= 0.6 is 0 Å². The topological polar surface area (TPSA) is 49.4 Å². The molecule has 4 nitrogen and oxygen atoms in total. The fourth-order valence-corrected chi connectivity index (χ4v) is 1.71. The Labute approximate surface area is 84.0 Å². The minimum Gasteiger partial charge on any atom is -0.355 e. The van der Waals surface area contributed by atoms with Crippen molar-refractivity contribution in [2.45, 2.75) is 25.8 Å². The Balaban J connectivity index is 2.63. The van der Waals surface area contributed by atoms with Crippen molar-refractivity contribution in [2.75, 3.05) is 13.1 Å². The molecular formula is C10H16N2O2. The maximum atomic E-state index is 11.5. The minimum absolute atomic E-state index is 0.0554. The summed E-state index contributed by atoms with van der Waals surface area (Å²) in [4.78, 5) is 24.5. The summed E-state index contributed by atoms with van der Waals surface area (Å²) < 4.78 is 0. The van der Waals surface area contributed by atoms with Gasteiger partial charge in [0.05, 0.1) is 0 Å². The lowest BCUT2D eigenvalue weighted by atomic mass is 10.2. The highest BCUT2D eigenvalue weighted by Gasteiger charge is 2.32. The number of likely N-dealkylation sites (tertiary alicyclic amines) is 1. The molecule has 1 N–H and O–H groups in total. The van der Waals surface area contributed by atoms with Crippen LogP contribution in [0, 0.1) is 0 Å². The van der Waals surface area contributed by atoms with Crippen LogP contribution in [0.5, 0.6) is 0 Å². The maximum absolute atomic E-state index is 11.5. The predicted molar refractivity (Wildman–Crippen MR) is 53.6 cm³/mol. The van der Waals surface area contributed by atoms with Crippen molar-refractivity contribution in [1.82, 2.24) is 10.2 Å². The van der Waals surface area contributed by atoms with Crippen LogP contribution in [-0.4, -0.2) is 35.8 Å². The van der Waals surface area contributed by atoms with Gasteiger partial charge in [-0.05, 0) is 25.8 Å². The van der Waals surface area contributed by atoms with Crippen LogP contribution in [0.2, 0.25) is 0 Å². The van der Waals surface area contributed by atoms with Crippen LogP contribution in [0.4, 0.5) is 0 Å². The molecular weight excluding hydrogens is 180 g/mol. The second-order valence-corrected chi connectivity index (χ2v) is 3.29. The fourth-order valence-electron chi connectivity index (χ4n) is 1.71. The molecule has 1 fully saturated rings. The molecule has 1 atom stereocenters. The van der Waals surface area contributed by atoms with E-state index in [1.165, 1.54) is 6.08 Å². The SMILES string of the molecule is C=CC(=O)N1CCCC1C(=O)NCC. The molecule has 0 aromatic carbocycles. The molecule has 1 saturated heterocycles. The lowest BCUT2D eigenvalue weighted by Crippen LogP contribution is -2.45. The average Bonchev–Trinajstić information content (AvgIpc) is 2.65. The van der Waals surface area contributed by atoms with E-state index in [0.717, 1.165) is 12.8 Å². The molecule has 78 valence electrons. The number of nitrogens with one attached hydrogen (secondary N) is 1. The van der Waals surface area contributed by atoms with Gasteiger partial charge >= 0.3 is 0 Å². The third-order valence-electron chi connectivity index (χ3n) is 2.36. The molecule has 1 unspecified atom stereocenters. The second kappa shape index (κ2) is 4.79. The number of likely N-dealkylation sites (N-methyl/N-ethyl adjacent to an activating group) is 1. The first-order valence-corrected chi connectivity index (χ1v) is 4.91. The lowest BCUT2D eigenvalue weighted by Gasteiger charge is -2.22. The Morgan fingerprint density at radius 3 is 2.93 bits per heavy atom. The Morgan fingerprint density at radius 1 is 1.64 bits per heavy atom. The van der Waals surface area contributed by atoms with E-state index < -0.39 is 0 Å². The van der Waals surface area contributed by atoms with E-state index in [4.69, 9.17) is 0 Å². The number of carbonyl (C=O) groups excluding carboxylic acids is 2. The zero-order valence-corrected chi connectivity index (χ0v) is 8.45. The van der Waals surface area contributed by atoms with Crippen LogP contribution in [0.15, 0.2) is 12.7 Å². The van der Waals surface area contributed by atoms with Gasteiger partial charge in [-0.2, -0.15) is 0 Å². The van der Waals surface area contributed by atoms with E-state index in [-0.39, 0.29) is 17.9 Å². The molecule has 0 spiro atoms. The fraction of sp³-hybridized carbons (Fsp3) is 0.600. The second-order valence-electron chi connectivity index (χ2n) is 3.29. The van der Waals surface area contributed by atoms with E-state index in [0.29, 0.717) is 13.1 Å². The third-order valence-corrected chi connectivity index (χ3v) is 2.36. The number of amides is 2. The van der Waals surface area contributed by atoms with Crippen molar-refractivity contribution >= 4 is 11.8 Å². The number of hydrogen-bond acceptors (Lipinski definition) is 2. The molecule has 0 aromatic rings. The molecule has 1 aliphatic heterocycles. The highest BCUT2D eigenvalue weighted by Crippen LogP contribution is 2.17. The highest BCUT2D eigenvalue weighted by atomic mass is 16.2. The van der Waals surface area contributed by atoms with E-state index >= 15 is 0 Å². The zero-order chi connectivity index (χ0) is 10.6. The molecule has 1 rings (SSSR count). The summed E-state index contributed by atoms with van der Waals surface area (Å²) in [6, 6.07) is -0.291. The molecule has 0 bridgehead atoms. The van der Waals surface area contributed by atoms with Crippen LogP contribution in [0.25, 0.3) is 0 Å². The Kier molecular flexibility index (Phi) is 3.68. The summed E-state index contributed by atoms with van der Waals surface area (Å²) in [6.45, 7) is 6.55. The van der Waals surface area contributed by atoms with Gasteiger partial charge in [-0.25, -0.2) is 0 Å². The number of nitrogens with zero attached hydrogens (tertiary/aromatic N) is 1. The third kappa shape index (κ3) is 2.13. The van der Waals surface area contributed by atoms with Gasteiger partial charge < -0.3 is 10.2 Å². The van der Waals surface area contributed by atoms with Crippen molar-refractivity contribution in [2.24, 2.45) is 0 Å². The molecule has 1 aliphatic rings. The first-order valence-electron chi connectivity index (χ1n) is 4.91. The Morgan fingerprint density at radius 2 is 2.36 bits per heavy atom. The number of rotatable bonds is 3. The first kappa shape index (κ1) is 10.8. The number of hydrogen-bond donors (Lipinski definition) is 1. The van der Waals surface area contributed by atoms with Crippen LogP contribution in [0.1, 0.15) is 19.8 Å². The average molecular weight is 196 g/mol.